The molecular weight excluding hydrogens is 364 g/mol. The molecule has 1 N–H and O–H groups in total. The average molecular weight is 397 g/mol. The summed E-state index contributed by atoms with van der Waals surface area (Å²) in [5.74, 6) is 2.31. The van der Waals surface area contributed by atoms with Crippen LogP contribution in [0.3, 0.4) is 0 Å². The Morgan fingerprint density at radius 1 is 1.17 bits per heavy atom. The zero-order valence-corrected chi connectivity index (χ0v) is 17.3. The highest BCUT2D eigenvalue weighted by Gasteiger charge is 2.31. The van der Waals surface area contributed by atoms with Crippen LogP contribution in [0.15, 0.2) is 40.9 Å². The highest BCUT2D eigenvalue weighted by Crippen LogP contribution is 2.25. The van der Waals surface area contributed by atoms with Crippen LogP contribution < -0.4 is 5.32 Å². The van der Waals surface area contributed by atoms with E-state index in [1.54, 1.807) is 6.20 Å². The molecule has 6 nitrogen and oxygen atoms in total. The lowest BCUT2D eigenvalue weighted by Gasteiger charge is -2.41. The molecule has 29 heavy (non-hydrogen) atoms. The molecule has 2 aliphatic rings. The lowest BCUT2D eigenvalue weighted by atomic mass is 9.93. The summed E-state index contributed by atoms with van der Waals surface area (Å²) in [6, 6.07) is 10.5. The van der Waals surface area contributed by atoms with Crippen molar-refractivity contribution in [2.24, 2.45) is 5.92 Å². The lowest BCUT2D eigenvalue weighted by Crippen LogP contribution is -2.50. The van der Waals surface area contributed by atoms with Gasteiger partial charge in [-0.25, -0.2) is 0 Å². The van der Waals surface area contributed by atoms with Crippen molar-refractivity contribution in [3.63, 3.8) is 0 Å². The molecule has 2 fully saturated rings. The van der Waals surface area contributed by atoms with Crippen LogP contribution in [0.2, 0.25) is 0 Å². The number of likely N-dealkylation sites (tertiary alicyclic amines) is 2. The molecule has 0 aromatic carbocycles. The Kier molecular flexibility index (Phi) is 6.62. The molecule has 0 spiro atoms. The van der Waals surface area contributed by atoms with Crippen molar-refractivity contribution in [2.45, 2.75) is 51.7 Å². The van der Waals surface area contributed by atoms with Crippen LogP contribution in [0.1, 0.15) is 42.9 Å². The maximum Gasteiger partial charge on any atom is 0.224 e. The first kappa shape index (κ1) is 20.1. The van der Waals surface area contributed by atoms with Gasteiger partial charge in [0.15, 0.2) is 0 Å². The van der Waals surface area contributed by atoms with Crippen molar-refractivity contribution in [3.05, 3.63) is 53.7 Å². The number of nitrogens with zero attached hydrogens (tertiary/aromatic N) is 3. The molecule has 2 saturated heterocycles. The first-order valence-corrected chi connectivity index (χ1v) is 10.9. The normalized spacial score (nSPS) is 21.9. The van der Waals surface area contributed by atoms with E-state index < -0.39 is 0 Å². The number of furan rings is 1. The van der Waals surface area contributed by atoms with E-state index in [0.717, 1.165) is 62.8 Å². The molecule has 2 aromatic rings. The maximum absolute atomic E-state index is 12.7. The van der Waals surface area contributed by atoms with E-state index in [-0.39, 0.29) is 11.8 Å². The molecule has 2 aliphatic heterocycles. The Balaban J connectivity index is 1.23. The Morgan fingerprint density at radius 3 is 2.76 bits per heavy atom. The van der Waals surface area contributed by atoms with Crippen LogP contribution >= 0.6 is 0 Å². The number of hydrogen-bond acceptors (Lipinski definition) is 5. The minimum absolute atomic E-state index is 0.0941. The van der Waals surface area contributed by atoms with Gasteiger partial charge in [-0.05, 0) is 63.4 Å². The van der Waals surface area contributed by atoms with Crippen molar-refractivity contribution < 1.29 is 9.21 Å². The second-order valence-corrected chi connectivity index (χ2v) is 8.39. The highest BCUT2D eigenvalue weighted by molar-refractivity contribution is 5.78. The zero-order chi connectivity index (χ0) is 20.1. The predicted octanol–water partition coefficient (Wildman–Crippen LogP) is 2.98. The maximum atomic E-state index is 12.7. The Morgan fingerprint density at radius 2 is 2.03 bits per heavy atom. The summed E-state index contributed by atoms with van der Waals surface area (Å²) < 4.78 is 5.72. The summed E-state index contributed by atoms with van der Waals surface area (Å²) in [6.07, 6.45) is 6.20. The molecule has 4 rings (SSSR count). The largest absolute Gasteiger partial charge is 0.465 e. The fourth-order valence-corrected chi connectivity index (χ4v) is 4.61. The fraction of sp³-hybridized carbons (Fsp3) is 0.565. The molecule has 0 aliphatic carbocycles. The molecule has 156 valence electrons. The monoisotopic (exact) mass is 396 g/mol. The smallest absolute Gasteiger partial charge is 0.224 e. The van der Waals surface area contributed by atoms with Gasteiger partial charge in [0.25, 0.3) is 0 Å². The standard InChI is InChI=1S/C23H32N4O2/c1-18-7-8-22(29-18)17-26-13-9-21(10-14-26)27-12-4-5-19(16-27)23(28)25-15-20-6-2-3-11-24-20/h2-3,6-8,11,19,21H,4-5,9-10,12-17H2,1H3,(H,25,28)/t19-/m1/s1. The van der Waals surface area contributed by atoms with Crippen molar-refractivity contribution in [2.75, 3.05) is 26.2 Å². The van der Waals surface area contributed by atoms with E-state index in [1.165, 1.54) is 12.8 Å². The fourth-order valence-electron chi connectivity index (χ4n) is 4.61. The number of amides is 1. The molecule has 2 aromatic heterocycles. The Bertz CT molecular complexity index is 783. The SMILES string of the molecule is Cc1ccc(CN2CCC(N3CCC[C@@H](C(=O)NCc4ccccn4)C3)CC2)o1. The Hall–Kier alpha value is -2.18. The van der Waals surface area contributed by atoms with Crippen LogP contribution in [0, 0.1) is 12.8 Å². The lowest BCUT2D eigenvalue weighted by molar-refractivity contribution is -0.127. The number of aromatic nitrogens is 1. The first-order valence-electron chi connectivity index (χ1n) is 10.9. The van der Waals surface area contributed by atoms with Gasteiger partial charge in [0.1, 0.15) is 11.5 Å². The van der Waals surface area contributed by atoms with Gasteiger partial charge in [0.05, 0.1) is 24.7 Å². The average Bonchev–Trinajstić information content (AvgIpc) is 3.18. The third-order valence-corrected chi connectivity index (χ3v) is 6.24. The summed E-state index contributed by atoms with van der Waals surface area (Å²) in [6.45, 7) is 7.60. The van der Waals surface area contributed by atoms with Gasteiger partial charge in [-0.2, -0.15) is 0 Å². The van der Waals surface area contributed by atoms with Crippen molar-refractivity contribution in [1.29, 1.82) is 0 Å². The minimum atomic E-state index is 0.0941. The van der Waals surface area contributed by atoms with Gasteiger partial charge < -0.3 is 9.73 Å². The molecule has 1 atom stereocenters. The van der Waals surface area contributed by atoms with Gasteiger partial charge in [-0.1, -0.05) is 6.07 Å². The number of nitrogens with one attached hydrogen (secondary N) is 1. The number of pyridine rings is 1. The molecule has 0 radical (unpaired) electrons. The molecular formula is C23H32N4O2. The summed E-state index contributed by atoms with van der Waals surface area (Å²) in [4.78, 5) is 22.0. The zero-order valence-electron chi connectivity index (χ0n) is 17.3. The number of piperidine rings is 2. The van der Waals surface area contributed by atoms with Crippen molar-refractivity contribution in [1.82, 2.24) is 20.1 Å². The van der Waals surface area contributed by atoms with Gasteiger partial charge in [-0.15, -0.1) is 0 Å². The van der Waals surface area contributed by atoms with E-state index in [0.29, 0.717) is 12.6 Å². The van der Waals surface area contributed by atoms with Crippen LogP contribution in [0.4, 0.5) is 0 Å². The van der Waals surface area contributed by atoms with Gasteiger partial charge in [0.2, 0.25) is 5.91 Å². The quantitative estimate of drug-likeness (QED) is 0.813. The molecule has 0 unspecified atom stereocenters. The molecule has 0 bridgehead atoms. The molecule has 1 amide bonds. The van der Waals surface area contributed by atoms with E-state index in [9.17, 15) is 4.79 Å². The van der Waals surface area contributed by atoms with Gasteiger partial charge in [-0.3, -0.25) is 19.6 Å². The minimum Gasteiger partial charge on any atom is -0.465 e. The van der Waals surface area contributed by atoms with Gasteiger partial charge >= 0.3 is 0 Å². The Labute approximate surface area is 173 Å². The third kappa shape index (κ3) is 5.46. The van der Waals surface area contributed by atoms with E-state index >= 15 is 0 Å². The molecule has 6 heteroatoms. The molecule has 4 heterocycles. The summed E-state index contributed by atoms with van der Waals surface area (Å²) >= 11 is 0. The predicted molar refractivity (Wildman–Crippen MR) is 112 cm³/mol. The number of carbonyl (C=O) groups excluding carboxylic acids is 1. The topological polar surface area (TPSA) is 61.6 Å². The van der Waals surface area contributed by atoms with Crippen molar-refractivity contribution >= 4 is 5.91 Å². The van der Waals surface area contributed by atoms with E-state index in [4.69, 9.17) is 4.42 Å². The van der Waals surface area contributed by atoms with Gasteiger partial charge in [0, 0.05) is 31.9 Å². The summed E-state index contributed by atoms with van der Waals surface area (Å²) in [5.41, 5.74) is 0.910. The van der Waals surface area contributed by atoms with Crippen LogP contribution in [-0.2, 0) is 17.9 Å². The van der Waals surface area contributed by atoms with Crippen LogP contribution in [-0.4, -0.2) is 52.9 Å². The highest BCUT2D eigenvalue weighted by atomic mass is 16.3. The second kappa shape index (κ2) is 9.55. The summed E-state index contributed by atoms with van der Waals surface area (Å²) in [5, 5.41) is 3.08. The van der Waals surface area contributed by atoms with Crippen molar-refractivity contribution in [3.8, 4) is 0 Å². The van der Waals surface area contributed by atoms with Crippen LogP contribution in [0.25, 0.3) is 0 Å². The third-order valence-electron chi connectivity index (χ3n) is 6.24. The first-order chi connectivity index (χ1) is 14.2. The number of rotatable bonds is 6. The summed E-state index contributed by atoms with van der Waals surface area (Å²) in [7, 11) is 0. The number of carbonyl (C=O) groups is 1. The number of aryl methyl sites for hydroxylation is 1. The second-order valence-electron chi connectivity index (χ2n) is 8.39. The van der Waals surface area contributed by atoms with Crippen LogP contribution in [0.5, 0.6) is 0 Å². The molecule has 0 saturated carbocycles. The van der Waals surface area contributed by atoms with E-state index in [2.05, 4.69) is 26.2 Å². The number of hydrogen-bond donors (Lipinski definition) is 1. The van der Waals surface area contributed by atoms with E-state index in [1.807, 2.05) is 31.2 Å².